The lowest BCUT2D eigenvalue weighted by Gasteiger charge is -2.31. The molecular formula is C16H26IN3. The molecule has 1 aromatic carbocycles. The van der Waals surface area contributed by atoms with Crippen LogP contribution in [0.2, 0.25) is 0 Å². The zero-order chi connectivity index (χ0) is 13.7. The summed E-state index contributed by atoms with van der Waals surface area (Å²) >= 11 is 0. The average molecular weight is 387 g/mol. The minimum atomic E-state index is 0. The Morgan fingerprint density at radius 2 is 2.25 bits per heavy atom. The van der Waals surface area contributed by atoms with Gasteiger partial charge in [-0.1, -0.05) is 36.8 Å². The number of piperidine rings is 1. The fourth-order valence-corrected chi connectivity index (χ4v) is 2.66. The van der Waals surface area contributed by atoms with E-state index in [1.807, 2.05) is 0 Å². The molecule has 0 radical (unpaired) electrons. The van der Waals surface area contributed by atoms with Gasteiger partial charge in [-0.15, -0.1) is 24.0 Å². The van der Waals surface area contributed by atoms with Gasteiger partial charge in [-0.3, -0.25) is 4.99 Å². The summed E-state index contributed by atoms with van der Waals surface area (Å²) in [5.41, 5.74) is 8.72. The van der Waals surface area contributed by atoms with E-state index in [0.29, 0.717) is 0 Å². The molecule has 1 unspecified atom stereocenters. The lowest BCUT2D eigenvalue weighted by Crippen LogP contribution is -2.43. The van der Waals surface area contributed by atoms with Crippen LogP contribution in [0.1, 0.15) is 30.9 Å². The van der Waals surface area contributed by atoms with Crippen LogP contribution in [0.25, 0.3) is 0 Å². The van der Waals surface area contributed by atoms with Crippen molar-refractivity contribution >= 4 is 29.9 Å². The Balaban J connectivity index is 0.00000200. The molecule has 1 aliphatic heterocycles. The standard InChI is InChI=1S/C16H25N3.HI/c1-13-5-3-7-15(11-13)8-9-18-16(17)19-10-4-6-14(2)12-19;/h3,5,7,11,14H,4,6,8-10,12H2,1-2H3,(H2,17,18);1H. The highest BCUT2D eigenvalue weighted by Crippen LogP contribution is 2.14. The van der Waals surface area contributed by atoms with Crippen molar-refractivity contribution in [3.05, 3.63) is 35.4 Å². The monoisotopic (exact) mass is 387 g/mol. The van der Waals surface area contributed by atoms with Crippen LogP contribution in [0, 0.1) is 12.8 Å². The molecule has 0 aliphatic carbocycles. The average Bonchev–Trinajstić information content (AvgIpc) is 2.38. The smallest absolute Gasteiger partial charge is 0.191 e. The van der Waals surface area contributed by atoms with Gasteiger partial charge in [0, 0.05) is 19.6 Å². The first-order valence-corrected chi connectivity index (χ1v) is 7.25. The van der Waals surface area contributed by atoms with Crippen LogP contribution in [0.4, 0.5) is 0 Å². The van der Waals surface area contributed by atoms with E-state index in [-0.39, 0.29) is 24.0 Å². The molecule has 1 aromatic rings. The molecule has 0 aromatic heterocycles. The zero-order valence-corrected chi connectivity index (χ0v) is 14.8. The highest BCUT2D eigenvalue weighted by Gasteiger charge is 2.17. The fourth-order valence-electron chi connectivity index (χ4n) is 2.66. The summed E-state index contributed by atoms with van der Waals surface area (Å²) in [6.45, 7) is 7.30. The molecule has 1 fully saturated rings. The van der Waals surface area contributed by atoms with Gasteiger partial charge in [0.15, 0.2) is 5.96 Å². The molecule has 1 aliphatic rings. The summed E-state index contributed by atoms with van der Waals surface area (Å²) in [7, 11) is 0. The molecule has 1 heterocycles. The summed E-state index contributed by atoms with van der Waals surface area (Å²) in [5.74, 6) is 1.46. The van der Waals surface area contributed by atoms with Crippen molar-refractivity contribution < 1.29 is 0 Å². The molecule has 3 nitrogen and oxygen atoms in total. The Morgan fingerprint density at radius 1 is 1.45 bits per heavy atom. The SMILES string of the molecule is Cc1cccc(CCN=C(N)N2CCCC(C)C2)c1.I. The number of benzene rings is 1. The van der Waals surface area contributed by atoms with Crippen LogP contribution < -0.4 is 5.73 Å². The van der Waals surface area contributed by atoms with Crippen LogP contribution in [0.3, 0.4) is 0 Å². The number of halogens is 1. The number of guanidine groups is 1. The third-order valence-corrected chi connectivity index (χ3v) is 3.74. The summed E-state index contributed by atoms with van der Waals surface area (Å²) in [6, 6.07) is 8.59. The van der Waals surface area contributed by atoms with Crippen molar-refractivity contribution in [2.45, 2.75) is 33.1 Å². The van der Waals surface area contributed by atoms with Crippen molar-refractivity contribution in [2.75, 3.05) is 19.6 Å². The van der Waals surface area contributed by atoms with Crippen LogP contribution in [0.5, 0.6) is 0 Å². The Morgan fingerprint density at radius 3 is 2.95 bits per heavy atom. The van der Waals surface area contributed by atoms with Gasteiger partial charge in [0.05, 0.1) is 0 Å². The van der Waals surface area contributed by atoms with Crippen molar-refractivity contribution in [1.29, 1.82) is 0 Å². The Hall–Kier alpha value is -0.780. The van der Waals surface area contributed by atoms with Gasteiger partial charge in [0.2, 0.25) is 0 Å². The maximum Gasteiger partial charge on any atom is 0.191 e. The van der Waals surface area contributed by atoms with Crippen LogP contribution in [-0.4, -0.2) is 30.5 Å². The summed E-state index contributed by atoms with van der Waals surface area (Å²) in [6.07, 6.45) is 3.51. The molecule has 2 N–H and O–H groups in total. The van der Waals surface area contributed by atoms with Crippen molar-refractivity contribution in [2.24, 2.45) is 16.6 Å². The van der Waals surface area contributed by atoms with E-state index in [1.54, 1.807) is 0 Å². The van der Waals surface area contributed by atoms with Crippen LogP contribution in [-0.2, 0) is 6.42 Å². The quantitative estimate of drug-likeness (QED) is 0.492. The van der Waals surface area contributed by atoms with Gasteiger partial charge in [-0.05, 0) is 37.7 Å². The number of nitrogens with two attached hydrogens (primary N) is 1. The second-order valence-electron chi connectivity index (χ2n) is 5.67. The van der Waals surface area contributed by atoms with E-state index in [2.05, 4.69) is 48.0 Å². The topological polar surface area (TPSA) is 41.6 Å². The Labute approximate surface area is 139 Å². The largest absolute Gasteiger partial charge is 0.370 e. The molecule has 112 valence electrons. The first kappa shape index (κ1) is 17.3. The summed E-state index contributed by atoms with van der Waals surface area (Å²) in [5, 5.41) is 0. The Bertz CT molecular complexity index is 445. The molecular weight excluding hydrogens is 361 g/mol. The number of aryl methyl sites for hydroxylation is 1. The third-order valence-electron chi connectivity index (χ3n) is 3.74. The summed E-state index contributed by atoms with van der Waals surface area (Å²) in [4.78, 5) is 6.75. The van der Waals surface area contributed by atoms with Gasteiger partial charge in [0.25, 0.3) is 0 Å². The maximum atomic E-state index is 6.08. The molecule has 2 rings (SSSR count). The second-order valence-corrected chi connectivity index (χ2v) is 5.67. The van der Waals surface area contributed by atoms with Crippen molar-refractivity contribution in [1.82, 2.24) is 4.90 Å². The first-order chi connectivity index (χ1) is 9.15. The molecule has 0 saturated carbocycles. The third kappa shape index (κ3) is 5.31. The number of nitrogens with zero attached hydrogens (tertiary/aromatic N) is 2. The van der Waals surface area contributed by atoms with Gasteiger partial charge < -0.3 is 10.6 Å². The van der Waals surface area contributed by atoms with E-state index in [9.17, 15) is 0 Å². The maximum absolute atomic E-state index is 6.08. The number of aliphatic imine (C=N–C) groups is 1. The second kappa shape index (κ2) is 8.49. The van der Waals surface area contributed by atoms with E-state index in [4.69, 9.17) is 5.73 Å². The van der Waals surface area contributed by atoms with Gasteiger partial charge in [-0.2, -0.15) is 0 Å². The number of rotatable bonds is 3. The highest BCUT2D eigenvalue weighted by molar-refractivity contribution is 14.0. The minimum absolute atomic E-state index is 0. The normalized spacial score (nSPS) is 19.6. The first-order valence-electron chi connectivity index (χ1n) is 7.25. The van der Waals surface area contributed by atoms with E-state index < -0.39 is 0 Å². The molecule has 0 bridgehead atoms. The number of hydrogen-bond acceptors (Lipinski definition) is 1. The molecule has 4 heteroatoms. The lowest BCUT2D eigenvalue weighted by molar-refractivity contribution is 0.270. The number of likely N-dealkylation sites (tertiary alicyclic amines) is 1. The highest BCUT2D eigenvalue weighted by atomic mass is 127. The number of hydrogen-bond donors (Lipinski definition) is 1. The van der Waals surface area contributed by atoms with Crippen LogP contribution in [0.15, 0.2) is 29.3 Å². The van der Waals surface area contributed by atoms with E-state index >= 15 is 0 Å². The van der Waals surface area contributed by atoms with Gasteiger partial charge in [0.1, 0.15) is 0 Å². The molecule has 20 heavy (non-hydrogen) atoms. The minimum Gasteiger partial charge on any atom is -0.370 e. The molecule has 0 amide bonds. The predicted molar refractivity (Wildman–Crippen MR) is 96.8 cm³/mol. The molecule has 1 atom stereocenters. The van der Waals surface area contributed by atoms with E-state index in [1.165, 1.54) is 24.0 Å². The Kier molecular flexibility index (Phi) is 7.34. The van der Waals surface area contributed by atoms with Gasteiger partial charge >= 0.3 is 0 Å². The van der Waals surface area contributed by atoms with Crippen molar-refractivity contribution in [3.8, 4) is 0 Å². The van der Waals surface area contributed by atoms with Crippen molar-refractivity contribution in [3.63, 3.8) is 0 Å². The predicted octanol–water partition coefficient (Wildman–Crippen LogP) is 3.20. The van der Waals surface area contributed by atoms with Gasteiger partial charge in [-0.25, -0.2) is 0 Å². The van der Waals surface area contributed by atoms with Crippen LogP contribution >= 0.6 is 24.0 Å². The zero-order valence-electron chi connectivity index (χ0n) is 12.5. The molecule has 0 spiro atoms. The van der Waals surface area contributed by atoms with E-state index in [0.717, 1.165) is 37.9 Å². The molecule has 1 saturated heterocycles. The lowest BCUT2D eigenvalue weighted by atomic mass is 10.0. The fraction of sp³-hybridized carbons (Fsp3) is 0.562. The summed E-state index contributed by atoms with van der Waals surface area (Å²) < 4.78 is 0.